The predicted molar refractivity (Wildman–Crippen MR) is 87.3 cm³/mol. The summed E-state index contributed by atoms with van der Waals surface area (Å²) in [5.74, 6) is 0.110. The van der Waals surface area contributed by atoms with Gasteiger partial charge in [-0.05, 0) is 49.5 Å². The van der Waals surface area contributed by atoms with Gasteiger partial charge in [0, 0.05) is 10.6 Å². The lowest BCUT2D eigenvalue weighted by Gasteiger charge is -2.18. The summed E-state index contributed by atoms with van der Waals surface area (Å²) in [6.45, 7) is 3.85. The van der Waals surface area contributed by atoms with Crippen LogP contribution in [0.4, 0.5) is 4.39 Å². The summed E-state index contributed by atoms with van der Waals surface area (Å²) in [5.41, 5.74) is 1.89. The molecule has 1 nitrogen and oxygen atoms in total. The molecule has 0 aliphatic rings. The van der Waals surface area contributed by atoms with Gasteiger partial charge in [-0.2, -0.15) is 0 Å². The third kappa shape index (κ3) is 4.83. The molecule has 0 saturated carbocycles. The minimum atomic E-state index is -0.211. The first-order valence-corrected chi connectivity index (χ1v) is 7.76. The predicted octanol–water partition coefficient (Wildman–Crippen LogP) is 4.49. The highest BCUT2D eigenvalue weighted by atomic mass is 35.5. The Morgan fingerprint density at radius 1 is 1.05 bits per heavy atom. The van der Waals surface area contributed by atoms with E-state index >= 15 is 0 Å². The molecule has 1 N–H and O–H groups in total. The lowest BCUT2D eigenvalue weighted by Crippen LogP contribution is -2.26. The van der Waals surface area contributed by atoms with Crippen molar-refractivity contribution >= 4 is 11.6 Å². The molecule has 3 heteroatoms. The Bertz CT molecular complexity index is 536. The summed E-state index contributed by atoms with van der Waals surface area (Å²) in [7, 11) is 0. The minimum Gasteiger partial charge on any atom is -0.317 e. The van der Waals surface area contributed by atoms with E-state index in [0.717, 1.165) is 19.5 Å². The van der Waals surface area contributed by atoms with Crippen molar-refractivity contribution in [3.63, 3.8) is 0 Å². The first kappa shape index (κ1) is 16.0. The van der Waals surface area contributed by atoms with E-state index in [1.54, 1.807) is 12.1 Å². The Balaban J connectivity index is 2.12. The molecule has 0 radical (unpaired) electrons. The van der Waals surface area contributed by atoms with Crippen molar-refractivity contribution in [2.75, 3.05) is 13.1 Å². The summed E-state index contributed by atoms with van der Waals surface area (Å²) >= 11 is 6.15. The number of rotatable bonds is 7. The van der Waals surface area contributed by atoms with E-state index in [1.807, 2.05) is 18.2 Å². The third-order valence-electron chi connectivity index (χ3n) is 3.60. The molecule has 0 saturated heterocycles. The molecule has 2 aromatic rings. The van der Waals surface area contributed by atoms with E-state index in [2.05, 4.69) is 24.4 Å². The minimum absolute atomic E-state index is 0.211. The molecule has 21 heavy (non-hydrogen) atoms. The highest BCUT2D eigenvalue weighted by Crippen LogP contribution is 2.23. The van der Waals surface area contributed by atoms with Gasteiger partial charge in [0.2, 0.25) is 0 Å². The van der Waals surface area contributed by atoms with Crippen molar-refractivity contribution in [2.24, 2.45) is 5.92 Å². The maximum atomic E-state index is 14.0. The maximum Gasteiger partial charge on any atom is 0.127 e. The SMILES string of the molecule is CCNCC(Cc1ccccc1)Cc1c(F)cccc1Cl. The molecule has 0 aliphatic heterocycles. The molecule has 112 valence electrons. The Morgan fingerprint density at radius 2 is 1.81 bits per heavy atom. The van der Waals surface area contributed by atoms with Gasteiger partial charge < -0.3 is 5.32 Å². The number of nitrogens with one attached hydrogen (secondary N) is 1. The number of hydrogen-bond acceptors (Lipinski definition) is 1. The van der Waals surface area contributed by atoms with Crippen LogP contribution in [0, 0.1) is 11.7 Å². The Kier molecular flexibility index (Phi) is 6.21. The van der Waals surface area contributed by atoms with E-state index in [0.29, 0.717) is 22.9 Å². The molecule has 2 rings (SSSR count). The zero-order chi connectivity index (χ0) is 15.1. The van der Waals surface area contributed by atoms with Crippen LogP contribution < -0.4 is 5.32 Å². The highest BCUT2D eigenvalue weighted by molar-refractivity contribution is 6.31. The highest BCUT2D eigenvalue weighted by Gasteiger charge is 2.15. The van der Waals surface area contributed by atoms with Crippen LogP contribution in [0.1, 0.15) is 18.1 Å². The molecule has 0 heterocycles. The van der Waals surface area contributed by atoms with Gasteiger partial charge in [-0.25, -0.2) is 4.39 Å². The van der Waals surface area contributed by atoms with Gasteiger partial charge >= 0.3 is 0 Å². The fourth-order valence-corrected chi connectivity index (χ4v) is 2.77. The van der Waals surface area contributed by atoms with Gasteiger partial charge in [0.05, 0.1) is 0 Å². The van der Waals surface area contributed by atoms with Gasteiger partial charge in [-0.1, -0.05) is 54.9 Å². The smallest absolute Gasteiger partial charge is 0.127 e. The van der Waals surface area contributed by atoms with E-state index in [9.17, 15) is 4.39 Å². The van der Waals surface area contributed by atoms with Crippen molar-refractivity contribution < 1.29 is 4.39 Å². The van der Waals surface area contributed by atoms with Crippen molar-refractivity contribution in [1.82, 2.24) is 5.32 Å². The lowest BCUT2D eigenvalue weighted by atomic mass is 9.92. The van der Waals surface area contributed by atoms with E-state index < -0.39 is 0 Å². The van der Waals surface area contributed by atoms with Crippen LogP contribution in [-0.2, 0) is 12.8 Å². The zero-order valence-electron chi connectivity index (χ0n) is 12.3. The molecule has 0 fully saturated rings. The summed E-state index contributed by atoms with van der Waals surface area (Å²) in [6, 6.07) is 15.2. The van der Waals surface area contributed by atoms with Crippen LogP contribution in [0.25, 0.3) is 0 Å². The monoisotopic (exact) mass is 305 g/mol. The second kappa shape index (κ2) is 8.16. The van der Waals surface area contributed by atoms with Crippen LogP contribution in [0.2, 0.25) is 5.02 Å². The molecule has 0 amide bonds. The topological polar surface area (TPSA) is 12.0 Å². The van der Waals surface area contributed by atoms with Crippen LogP contribution in [-0.4, -0.2) is 13.1 Å². The summed E-state index contributed by atoms with van der Waals surface area (Å²) < 4.78 is 14.0. The molecular weight excluding hydrogens is 285 g/mol. The van der Waals surface area contributed by atoms with E-state index in [-0.39, 0.29) is 5.82 Å². The number of benzene rings is 2. The van der Waals surface area contributed by atoms with Crippen molar-refractivity contribution in [3.05, 3.63) is 70.5 Å². The van der Waals surface area contributed by atoms with Crippen molar-refractivity contribution in [2.45, 2.75) is 19.8 Å². The first-order chi connectivity index (χ1) is 10.2. The summed E-state index contributed by atoms with van der Waals surface area (Å²) in [6.07, 6.45) is 1.56. The summed E-state index contributed by atoms with van der Waals surface area (Å²) in [5, 5.41) is 3.88. The Morgan fingerprint density at radius 3 is 2.48 bits per heavy atom. The van der Waals surface area contributed by atoms with Gasteiger partial charge in [-0.15, -0.1) is 0 Å². The standard InChI is InChI=1S/C18H21ClFN/c1-2-21-13-15(11-14-7-4-3-5-8-14)12-16-17(19)9-6-10-18(16)20/h3-10,15,21H,2,11-13H2,1H3. The maximum absolute atomic E-state index is 14.0. The van der Waals surface area contributed by atoms with Gasteiger partial charge in [0.1, 0.15) is 5.82 Å². The van der Waals surface area contributed by atoms with Crippen LogP contribution in [0.5, 0.6) is 0 Å². The van der Waals surface area contributed by atoms with Crippen LogP contribution >= 0.6 is 11.6 Å². The second-order valence-electron chi connectivity index (χ2n) is 5.27. The Labute approximate surface area is 131 Å². The zero-order valence-corrected chi connectivity index (χ0v) is 13.0. The van der Waals surface area contributed by atoms with Crippen molar-refractivity contribution in [1.29, 1.82) is 0 Å². The van der Waals surface area contributed by atoms with E-state index in [4.69, 9.17) is 11.6 Å². The molecule has 0 spiro atoms. The van der Waals surface area contributed by atoms with E-state index in [1.165, 1.54) is 11.6 Å². The molecule has 0 aromatic heterocycles. The fraction of sp³-hybridized carbons (Fsp3) is 0.333. The van der Waals surface area contributed by atoms with Gasteiger partial charge in [0.15, 0.2) is 0 Å². The summed E-state index contributed by atoms with van der Waals surface area (Å²) in [4.78, 5) is 0. The lowest BCUT2D eigenvalue weighted by molar-refractivity contribution is 0.467. The number of halogens is 2. The van der Waals surface area contributed by atoms with Gasteiger partial charge in [0.25, 0.3) is 0 Å². The first-order valence-electron chi connectivity index (χ1n) is 7.38. The molecule has 1 unspecified atom stereocenters. The fourth-order valence-electron chi connectivity index (χ4n) is 2.53. The third-order valence-corrected chi connectivity index (χ3v) is 3.96. The Hall–Kier alpha value is -1.38. The second-order valence-corrected chi connectivity index (χ2v) is 5.67. The quantitative estimate of drug-likeness (QED) is 0.794. The molecule has 0 bridgehead atoms. The number of hydrogen-bond donors (Lipinski definition) is 1. The van der Waals surface area contributed by atoms with Crippen LogP contribution in [0.3, 0.4) is 0 Å². The van der Waals surface area contributed by atoms with Crippen molar-refractivity contribution in [3.8, 4) is 0 Å². The average molecular weight is 306 g/mol. The van der Waals surface area contributed by atoms with Gasteiger partial charge in [-0.3, -0.25) is 0 Å². The average Bonchev–Trinajstić information content (AvgIpc) is 2.49. The molecule has 1 atom stereocenters. The molecule has 0 aliphatic carbocycles. The largest absolute Gasteiger partial charge is 0.317 e. The molecule has 2 aromatic carbocycles. The normalized spacial score (nSPS) is 12.3. The molecular formula is C18H21ClFN. The van der Waals surface area contributed by atoms with Crippen LogP contribution in [0.15, 0.2) is 48.5 Å².